The van der Waals surface area contributed by atoms with Crippen molar-refractivity contribution in [1.29, 1.82) is 0 Å². The zero-order chi connectivity index (χ0) is 20.8. The number of hydrogen-bond acceptors (Lipinski definition) is 5. The maximum absolute atomic E-state index is 13.1. The van der Waals surface area contributed by atoms with Crippen molar-refractivity contribution >= 4 is 17.6 Å². The molecule has 1 N–H and O–H groups in total. The number of oxazole rings is 1. The fourth-order valence-electron chi connectivity index (χ4n) is 2.48. The number of amides is 1. The van der Waals surface area contributed by atoms with E-state index in [4.69, 9.17) is 9.15 Å². The van der Waals surface area contributed by atoms with Gasteiger partial charge in [-0.05, 0) is 19.1 Å². The predicted octanol–water partition coefficient (Wildman–Crippen LogP) is 4.04. The molecule has 3 rings (SSSR count). The van der Waals surface area contributed by atoms with Crippen LogP contribution in [0.15, 0.2) is 53.1 Å². The Hall–Kier alpha value is -3.55. The van der Waals surface area contributed by atoms with Crippen molar-refractivity contribution in [3.8, 4) is 11.3 Å². The lowest BCUT2D eigenvalue weighted by molar-refractivity contribution is -0.147. The molecule has 1 amide bonds. The van der Waals surface area contributed by atoms with Crippen molar-refractivity contribution in [3.05, 3.63) is 71.8 Å². The van der Waals surface area contributed by atoms with E-state index in [0.29, 0.717) is 11.7 Å². The SMILES string of the molecule is Cc1ccc(-c2cnc(CCC(=O)OCC(=O)Nc3ccc(F)c(F)c3)o2)cc1. The van der Waals surface area contributed by atoms with Gasteiger partial charge in [0, 0.05) is 23.7 Å². The molecule has 8 heteroatoms. The van der Waals surface area contributed by atoms with Gasteiger partial charge in [-0.3, -0.25) is 9.59 Å². The van der Waals surface area contributed by atoms with Crippen molar-refractivity contribution in [1.82, 2.24) is 4.98 Å². The van der Waals surface area contributed by atoms with Crippen LogP contribution in [0.25, 0.3) is 11.3 Å². The number of aryl methyl sites for hydroxylation is 2. The Morgan fingerprint density at radius 2 is 1.86 bits per heavy atom. The van der Waals surface area contributed by atoms with Gasteiger partial charge < -0.3 is 14.5 Å². The standard InChI is InChI=1S/C21H18F2N2O4/c1-13-2-4-14(5-3-13)18-11-24-20(29-18)8-9-21(27)28-12-19(26)25-15-6-7-16(22)17(23)10-15/h2-7,10-11H,8-9,12H2,1H3,(H,25,26). The second kappa shape index (κ2) is 9.09. The van der Waals surface area contributed by atoms with Crippen LogP contribution in [0.2, 0.25) is 0 Å². The second-order valence-electron chi connectivity index (χ2n) is 6.32. The van der Waals surface area contributed by atoms with Crippen molar-refractivity contribution < 1.29 is 27.5 Å². The number of benzene rings is 2. The average molecular weight is 400 g/mol. The normalized spacial score (nSPS) is 10.6. The zero-order valence-electron chi connectivity index (χ0n) is 15.6. The van der Waals surface area contributed by atoms with Crippen LogP contribution in [0.3, 0.4) is 0 Å². The smallest absolute Gasteiger partial charge is 0.306 e. The Kier molecular flexibility index (Phi) is 6.33. The van der Waals surface area contributed by atoms with Gasteiger partial charge in [-0.2, -0.15) is 0 Å². The summed E-state index contributed by atoms with van der Waals surface area (Å²) in [6.45, 7) is 1.44. The Bertz CT molecular complexity index is 1020. The number of nitrogens with one attached hydrogen (secondary N) is 1. The third-order valence-corrected chi connectivity index (χ3v) is 4.00. The summed E-state index contributed by atoms with van der Waals surface area (Å²) >= 11 is 0. The van der Waals surface area contributed by atoms with E-state index in [9.17, 15) is 18.4 Å². The fourth-order valence-corrected chi connectivity index (χ4v) is 2.48. The summed E-state index contributed by atoms with van der Waals surface area (Å²) < 4.78 is 36.5. The third-order valence-electron chi connectivity index (χ3n) is 4.00. The average Bonchev–Trinajstić information content (AvgIpc) is 3.17. The monoisotopic (exact) mass is 400 g/mol. The van der Waals surface area contributed by atoms with Gasteiger partial charge >= 0.3 is 5.97 Å². The summed E-state index contributed by atoms with van der Waals surface area (Å²) in [4.78, 5) is 27.7. The molecule has 0 unspecified atom stereocenters. The summed E-state index contributed by atoms with van der Waals surface area (Å²) in [6, 6.07) is 10.7. The molecule has 29 heavy (non-hydrogen) atoms. The predicted molar refractivity (Wildman–Crippen MR) is 101 cm³/mol. The van der Waals surface area contributed by atoms with Gasteiger partial charge in [0.25, 0.3) is 5.91 Å². The van der Waals surface area contributed by atoms with Crippen LogP contribution in [-0.2, 0) is 20.7 Å². The molecule has 0 bridgehead atoms. The largest absolute Gasteiger partial charge is 0.456 e. The van der Waals surface area contributed by atoms with Crippen molar-refractivity contribution in [3.63, 3.8) is 0 Å². The second-order valence-corrected chi connectivity index (χ2v) is 6.32. The first-order valence-corrected chi connectivity index (χ1v) is 8.83. The minimum atomic E-state index is -1.09. The lowest BCUT2D eigenvalue weighted by Gasteiger charge is -2.06. The van der Waals surface area contributed by atoms with E-state index < -0.39 is 30.1 Å². The number of nitrogens with zero attached hydrogens (tertiary/aromatic N) is 1. The Balaban J connectivity index is 1.43. The van der Waals surface area contributed by atoms with Gasteiger partial charge in [0.05, 0.1) is 12.6 Å². The van der Waals surface area contributed by atoms with Gasteiger partial charge in [0.1, 0.15) is 0 Å². The van der Waals surface area contributed by atoms with E-state index in [1.54, 1.807) is 6.20 Å². The molecular weight excluding hydrogens is 382 g/mol. The number of aromatic nitrogens is 1. The number of carbonyl (C=O) groups is 2. The van der Waals surface area contributed by atoms with Gasteiger partial charge in [0.15, 0.2) is 29.9 Å². The molecule has 1 aromatic heterocycles. The molecule has 0 aliphatic carbocycles. The van der Waals surface area contributed by atoms with Crippen molar-refractivity contribution in [2.75, 3.05) is 11.9 Å². The maximum atomic E-state index is 13.1. The minimum Gasteiger partial charge on any atom is -0.456 e. The van der Waals surface area contributed by atoms with E-state index in [-0.39, 0.29) is 18.5 Å². The summed E-state index contributed by atoms with van der Waals surface area (Å²) in [5.41, 5.74) is 2.07. The van der Waals surface area contributed by atoms with Gasteiger partial charge in [0.2, 0.25) is 0 Å². The Morgan fingerprint density at radius 1 is 1.10 bits per heavy atom. The van der Waals surface area contributed by atoms with E-state index >= 15 is 0 Å². The van der Waals surface area contributed by atoms with Crippen LogP contribution in [0.5, 0.6) is 0 Å². The quantitative estimate of drug-likeness (QED) is 0.606. The highest BCUT2D eigenvalue weighted by Crippen LogP contribution is 2.21. The van der Waals surface area contributed by atoms with E-state index in [1.165, 1.54) is 6.07 Å². The van der Waals surface area contributed by atoms with Crippen LogP contribution in [0.4, 0.5) is 14.5 Å². The minimum absolute atomic E-state index is 0.0215. The number of esters is 1. The van der Waals surface area contributed by atoms with Gasteiger partial charge in [-0.1, -0.05) is 29.8 Å². The Labute approximate surface area is 165 Å². The topological polar surface area (TPSA) is 81.4 Å². The molecule has 3 aromatic rings. The first-order valence-electron chi connectivity index (χ1n) is 8.83. The summed E-state index contributed by atoms with van der Waals surface area (Å²) in [5.74, 6) is -2.41. The number of anilines is 1. The Morgan fingerprint density at radius 3 is 2.59 bits per heavy atom. The van der Waals surface area contributed by atoms with Crippen molar-refractivity contribution in [2.45, 2.75) is 19.8 Å². The van der Waals surface area contributed by atoms with Gasteiger partial charge in [-0.15, -0.1) is 0 Å². The number of halogens is 2. The highest BCUT2D eigenvalue weighted by Gasteiger charge is 2.12. The number of hydrogen-bond donors (Lipinski definition) is 1. The highest BCUT2D eigenvalue weighted by molar-refractivity contribution is 5.92. The van der Waals surface area contributed by atoms with Crippen LogP contribution in [-0.4, -0.2) is 23.5 Å². The van der Waals surface area contributed by atoms with E-state index in [1.807, 2.05) is 31.2 Å². The van der Waals surface area contributed by atoms with Crippen LogP contribution in [0, 0.1) is 18.6 Å². The number of ether oxygens (including phenoxy) is 1. The lowest BCUT2D eigenvalue weighted by Crippen LogP contribution is -2.21. The van der Waals surface area contributed by atoms with Gasteiger partial charge in [-0.25, -0.2) is 13.8 Å². The zero-order valence-corrected chi connectivity index (χ0v) is 15.6. The number of carbonyl (C=O) groups excluding carboxylic acids is 2. The van der Waals surface area contributed by atoms with Crippen LogP contribution in [0.1, 0.15) is 17.9 Å². The molecule has 0 saturated heterocycles. The first kappa shape index (κ1) is 20.2. The molecule has 0 fully saturated rings. The molecule has 2 aromatic carbocycles. The lowest BCUT2D eigenvalue weighted by atomic mass is 10.1. The highest BCUT2D eigenvalue weighted by atomic mass is 19.2. The van der Waals surface area contributed by atoms with E-state index in [0.717, 1.165) is 23.3 Å². The summed E-state index contributed by atoms with van der Waals surface area (Å²) in [7, 11) is 0. The molecule has 1 heterocycles. The molecule has 0 radical (unpaired) electrons. The third kappa shape index (κ3) is 5.71. The van der Waals surface area contributed by atoms with Crippen LogP contribution < -0.4 is 5.32 Å². The maximum Gasteiger partial charge on any atom is 0.306 e. The molecule has 0 atom stereocenters. The molecule has 0 spiro atoms. The molecule has 0 saturated carbocycles. The first-order chi connectivity index (χ1) is 13.9. The van der Waals surface area contributed by atoms with Crippen molar-refractivity contribution in [2.24, 2.45) is 0 Å². The molecule has 6 nitrogen and oxygen atoms in total. The molecule has 150 valence electrons. The molecule has 0 aliphatic rings. The molecular formula is C21H18F2N2O4. The van der Waals surface area contributed by atoms with Crippen LogP contribution >= 0.6 is 0 Å². The molecule has 0 aliphatic heterocycles. The number of rotatable bonds is 7. The summed E-state index contributed by atoms with van der Waals surface area (Å²) in [6.07, 6.45) is 1.78. The van der Waals surface area contributed by atoms with E-state index in [2.05, 4.69) is 10.3 Å². The fraction of sp³-hybridized carbons (Fsp3) is 0.190. The summed E-state index contributed by atoms with van der Waals surface area (Å²) in [5, 5.41) is 2.31.